The standard InChI is InChI=1S/C19H29N3O/c1-2-3-4-5-13-21-17-10-6-8-16(9-7-11-17)19(23)22-18-12-14-20-15-18/h6-11,18,20-21H,2-5,12-15H2,1H3,(H,22,23)/b8-6-,9-7?,10-6?,11-7?,16-8?,16-9+,17-10?,17-11?/t18-/m1/s1. The largest absolute Gasteiger partial charge is 0.385 e. The van der Waals surface area contributed by atoms with E-state index in [1.165, 1.54) is 25.7 Å². The van der Waals surface area contributed by atoms with E-state index < -0.39 is 0 Å². The van der Waals surface area contributed by atoms with Gasteiger partial charge in [0.2, 0.25) is 0 Å². The van der Waals surface area contributed by atoms with Crippen LogP contribution in [0, 0.1) is 0 Å². The molecule has 2 aliphatic rings. The molecule has 1 fully saturated rings. The molecule has 4 heteroatoms. The van der Waals surface area contributed by atoms with E-state index in [2.05, 4.69) is 22.9 Å². The monoisotopic (exact) mass is 315 g/mol. The molecule has 4 nitrogen and oxygen atoms in total. The summed E-state index contributed by atoms with van der Waals surface area (Å²) in [5.41, 5.74) is 1.79. The van der Waals surface area contributed by atoms with Crippen molar-refractivity contribution in [2.45, 2.75) is 45.1 Å². The van der Waals surface area contributed by atoms with Crippen molar-refractivity contribution in [2.24, 2.45) is 0 Å². The first-order valence-corrected chi connectivity index (χ1v) is 8.82. The van der Waals surface area contributed by atoms with Gasteiger partial charge >= 0.3 is 0 Å². The quantitative estimate of drug-likeness (QED) is 0.604. The third-order valence-electron chi connectivity index (χ3n) is 4.12. The third-order valence-corrected chi connectivity index (χ3v) is 4.12. The Balaban J connectivity index is 1.78. The van der Waals surface area contributed by atoms with Crippen LogP contribution < -0.4 is 16.0 Å². The van der Waals surface area contributed by atoms with Gasteiger partial charge < -0.3 is 16.0 Å². The van der Waals surface area contributed by atoms with Gasteiger partial charge in [-0.15, -0.1) is 0 Å². The van der Waals surface area contributed by atoms with Gasteiger partial charge in [0.05, 0.1) is 0 Å². The van der Waals surface area contributed by atoms with Crippen LogP contribution in [0.1, 0.15) is 39.0 Å². The molecule has 0 saturated carbocycles. The number of rotatable bonds is 8. The molecule has 0 aromatic heterocycles. The lowest BCUT2D eigenvalue weighted by molar-refractivity contribution is -0.117. The van der Waals surface area contributed by atoms with E-state index in [4.69, 9.17) is 0 Å². The van der Waals surface area contributed by atoms with Crippen molar-refractivity contribution in [3.8, 4) is 0 Å². The summed E-state index contributed by atoms with van der Waals surface area (Å²) >= 11 is 0. The van der Waals surface area contributed by atoms with Crippen LogP contribution in [0.4, 0.5) is 0 Å². The predicted molar refractivity (Wildman–Crippen MR) is 96.0 cm³/mol. The first-order valence-electron chi connectivity index (χ1n) is 8.82. The van der Waals surface area contributed by atoms with E-state index in [1.807, 2.05) is 36.5 Å². The summed E-state index contributed by atoms with van der Waals surface area (Å²) in [6, 6.07) is 0.252. The van der Waals surface area contributed by atoms with Gasteiger partial charge in [-0.2, -0.15) is 0 Å². The smallest absolute Gasteiger partial charge is 0.251 e. The molecule has 1 atom stereocenters. The maximum atomic E-state index is 12.2. The Kier molecular flexibility index (Phi) is 7.67. The topological polar surface area (TPSA) is 53.2 Å². The van der Waals surface area contributed by atoms with Crippen molar-refractivity contribution in [3.63, 3.8) is 0 Å². The zero-order chi connectivity index (χ0) is 16.3. The van der Waals surface area contributed by atoms with E-state index in [-0.39, 0.29) is 11.9 Å². The molecule has 3 N–H and O–H groups in total. The Morgan fingerprint density at radius 1 is 1.22 bits per heavy atom. The molecule has 0 aromatic rings. The van der Waals surface area contributed by atoms with Crippen LogP contribution in [0.3, 0.4) is 0 Å². The Morgan fingerprint density at radius 2 is 2.09 bits per heavy atom. The highest BCUT2D eigenvalue weighted by Gasteiger charge is 2.17. The summed E-state index contributed by atoms with van der Waals surface area (Å²) in [6.07, 6.45) is 17.7. The number of carbonyl (C=O) groups is 1. The molecule has 23 heavy (non-hydrogen) atoms. The van der Waals surface area contributed by atoms with Gasteiger partial charge in [-0.1, -0.05) is 38.3 Å². The molecule has 1 heterocycles. The minimum absolute atomic E-state index is 0.00368. The molecule has 0 unspecified atom stereocenters. The average Bonchev–Trinajstić information content (AvgIpc) is 3.01. The molecule has 1 aliphatic heterocycles. The molecule has 0 radical (unpaired) electrons. The minimum atomic E-state index is 0.00368. The summed E-state index contributed by atoms with van der Waals surface area (Å²) in [7, 11) is 0. The second-order valence-electron chi connectivity index (χ2n) is 6.11. The van der Waals surface area contributed by atoms with Crippen molar-refractivity contribution in [1.29, 1.82) is 0 Å². The SMILES string of the molecule is CCCCCCNC1=C/C=C\C(C(=O)N[C@@H]2CCNC2)=C/C=C1. The first kappa shape index (κ1) is 17.5. The number of carbonyl (C=O) groups excluding carboxylic acids is 1. The van der Waals surface area contributed by atoms with Crippen LogP contribution in [-0.4, -0.2) is 31.6 Å². The number of unbranched alkanes of at least 4 members (excludes halogenated alkanes) is 3. The summed E-state index contributed by atoms with van der Waals surface area (Å²) in [6.45, 7) is 5.07. The van der Waals surface area contributed by atoms with Gasteiger partial charge in [0.25, 0.3) is 5.91 Å². The Morgan fingerprint density at radius 3 is 2.87 bits per heavy atom. The molecule has 0 bridgehead atoms. The summed E-state index contributed by atoms with van der Waals surface area (Å²) < 4.78 is 0. The Hall–Kier alpha value is -1.81. The number of amides is 1. The van der Waals surface area contributed by atoms with Gasteiger partial charge in [0.15, 0.2) is 0 Å². The van der Waals surface area contributed by atoms with Crippen LogP contribution >= 0.6 is 0 Å². The van der Waals surface area contributed by atoms with Gasteiger partial charge in [0.1, 0.15) is 0 Å². The minimum Gasteiger partial charge on any atom is -0.385 e. The highest BCUT2D eigenvalue weighted by molar-refractivity contribution is 5.96. The molecular weight excluding hydrogens is 286 g/mol. The fourth-order valence-corrected chi connectivity index (χ4v) is 2.72. The molecule has 1 aliphatic carbocycles. The average molecular weight is 315 g/mol. The Labute approximate surface area is 139 Å². The van der Waals surface area contributed by atoms with Crippen molar-refractivity contribution in [1.82, 2.24) is 16.0 Å². The Bertz CT molecular complexity index is 497. The van der Waals surface area contributed by atoms with Crippen LogP contribution in [0.25, 0.3) is 0 Å². The lowest BCUT2D eigenvalue weighted by Gasteiger charge is -2.12. The van der Waals surface area contributed by atoms with E-state index in [0.29, 0.717) is 5.57 Å². The summed E-state index contributed by atoms with van der Waals surface area (Å²) in [5.74, 6) is 0.00368. The fraction of sp³-hybridized carbons (Fsp3) is 0.526. The fourth-order valence-electron chi connectivity index (χ4n) is 2.72. The predicted octanol–water partition coefficient (Wildman–Crippen LogP) is 2.57. The molecular formula is C19H29N3O. The zero-order valence-corrected chi connectivity index (χ0v) is 14.1. The van der Waals surface area contributed by atoms with E-state index in [0.717, 1.165) is 31.8 Å². The van der Waals surface area contributed by atoms with Crippen molar-refractivity contribution >= 4 is 5.91 Å². The molecule has 1 saturated heterocycles. The lowest BCUT2D eigenvalue weighted by Crippen LogP contribution is -2.36. The van der Waals surface area contributed by atoms with Gasteiger partial charge in [0, 0.05) is 30.4 Å². The summed E-state index contributed by atoms with van der Waals surface area (Å²) in [4.78, 5) is 12.2. The number of hydrogen-bond donors (Lipinski definition) is 3. The summed E-state index contributed by atoms with van der Waals surface area (Å²) in [5, 5.41) is 9.76. The number of allylic oxidation sites excluding steroid dienone is 5. The molecule has 1 amide bonds. The maximum Gasteiger partial charge on any atom is 0.251 e. The number of nitrogens with one attached hydrogen (secondary N) is 3. The van der Waals surface area contributed by atoms with Crippen LogP contribution in [0.15, 0.2) is 47.7 Å². The third kappa shape index (κ3) is 6.45. The molecule has 0 aromatic carbocycles. The molecule has 0 spiro atoms. The second kappa shape index (κ2) is 10.1. The lowest BCUT2D eigenvalue weighted by atomic mass is 10.1. The zero-order valence-electron chi connectivity index (χ0n) is 14.1. The highest BCUT2D eigenvalue weighted by Crippen LogP contribution is 2.07. The van der Waals surface area contributed by atoms with E-state index >= 15 is 0 Å². The molecule has 126 valence electrons. The molecule has 2 rings (SSSR count). The van der Waals surface area contributed by atoms with Crippen LogP contribution in [0.2, 0.25) is 0 Å². The van der Waals surface area contributed by atoms with Gasteiger partial charge in [-0.05, 0) is 43.7 Å². The van der Waals surface area contributed by atoms with Crippen LogP contribution in [-0.2, 0) is 4.79 Å². The van der Waals surface area contributed by atoms with Crippen molar-refractivity contribution < 1.29 is 4.79 Å². The highest BCUT2D eigenvalue weighted by atomic mass is 16.1. The second-order valence-corrected chi connectivity index (χ2v) is 6.11. The van der Waals surface area contributed by atoms with Crippen LogP contribution in [0.5, 0.6) is 0 Å². The van der Waals surface area contributed by atoms with E-state index in [1.54, 1.807) is 0 Å². The van der Waals surface area contributed by atoms with E-state index in [9.17, 15) is 4.79 Å². The number of hydrogen-bond acceptors (Lipinski definition) is 3. The van der Waals surface area contributed by atoms with Gasteiger partial charge in [-0.3, -0.25) is 4.79 Å². The first-order chi connectivity index (χ1) is 11.3. The van der Waals surface area contributed by atoms with Crippen molar-refractivity contribution in [2.75, 3.05) is 19.6 Å². The van der Waals surface area contributed by atoms with Gasteiger partial charge in [-0.25, -0.2) is 0 Å². The maximum absolute atomic E-state index is 12.2. The normalized spacial score (nSPS) is 24.1. The van der Waals surface area contributed by atoms with Crippen molar-refractivity contribution in [3.05, 3.63) is 47.7 Å².